The van der Waals surface area contributed by atoms with Crippen LogP contribution in [0.5, 0.6) is 5.88 Å². The van der Waals surface area contributed by atoms with Crippen molar-refractivity contribution in [3.8, 4) is 5.88 Å². The van der Waals surface area contributed by atoms with Crippen LogP contribution in [0.4, 0.5) is 0 Å². The van der Waals surface area contributed by atoms with Crippen LogP contribution in [-0.4, -0.2) is 55.6 Å². The van der Waals surface area contributed by atoms with Crippen molar-refractivity contribution in [2.75, 3.05) is 19.8 Å². The lowest BCUT2D eigenvalue weighted by molar-refractivity contribution is -0.122. The second-order valence-electron chi connectivity index (χ2n) is 6.35. The first-order valence-corrected chi connectivity index (χ1v) is 9.89. The van der Waals surface area contributed by atoms with Gasteiger partial charge in [-0.05, 0) is 38.2 Å². The number of ether oxygens (including phenoxy) is 1. The molecule has 1 N–H and O–H groups in total. The van der Waals surface area contributed by atoms with Crippen LogP contribution in [0.2, 0.25) is 0 Å². The third-order valence-electron chi connectivity index (χ3n) is 4.14. The Morgan fingerprint density at radius 1 is 1.33 bits per heavy atom. The second-order valence-corrected chi connectivity index (χ2v) is 8.44. The highest BCUT2D eigenvalue weighted by Gasteiger charge is 2.25. The van der Waals surface area contributed by atoms with E-state index in [-0.39, 0.29) is 24.6 Å². The average molecular weight is 355 g/mol. The largest absolute Gasteiger partial charge is 0.474 e. The summed E-state index contributed by atoms with van der Waals surface area (Å²) in [6, 6.07) is 3.90. The molecule has 1 saturated carbocycles. The zero-order valence-electron chi connectivity index (χ0n) is 14.4. The Morgan fingerprint density at radius 3 is 2.54 bits per heavy atom. The van der Waals surface area contributed by atoms with Gasteiger partial charge in [0.1, 0.15) is 6.10 Å². The normalized spacial score (nSPS) is 21.5. The summed E-state index contributed by atoms with van der Waals surface area (Å²) >= 11 is 0. The maximum absolute atomic E-state index is 11.9. The van der Waals surface area contributed by atoms with Crippen molar-refractivity contribution in [1.29, 1.82) is 0 Å². The molecular formula is C16H25N3O4S. The fraction of sp³-hybridized carbons (Fsp3) is 0.625. The molecule has 24 heavy (non-hydrogen) atoms. The molecular weight excluding hydrogens is 330 g/mol. The number of carbonyl (C=O) groups is 1. The van der Waals surface area contributed by atoms with Crippen molar-refractivity contribution in [2.45, 2.75) is 44.8 Å². The number of pyridine rings is 1. The summed E-state index contributed by atoms with van der Waals surface area (Å²) in [5.74, 6) is 0.357. The molecule has 0 unspecified atom stereocenters. The zero-order valence-corrected chi connectivity index (χ0v) is 15.2. The number of amides is 1. The third kappa shape index (κ3) is 5.76. The van der Waals surface area contributed by atoms with Gasteiger partial charge in [-0.3, -0.25) is 4.79 Å². The molecule has 2 rings (SSSR count). The van der Waals surface area contributed by atoms with Gasteiger partial charge in [0, 0.05) is 25.4 Å². The van der Waals surface area contributed by atoms with E-state index >= 15 is 0 Å². The molecule has 0 spiro atoms. The number of nitrogens with zero attached hydrogens (tertiary/aromatic N) is 2. The lowest BCUT2D eigenvalue weighted by Crippen LogP contribution is -2.44. The number of aromatic nitrogens is 1. The molecule has 0 saturated heterocycles. The standard InChI is InChI=1S/C16H25N3O4S/c1-12-4-9-16(17-10-12)23-14-7-5-13(6-8-14)18-15(20)11-19(2)24(3,21)22/h4,9-10,13-14H,5-8,11H2,1-3H3,(H,18,20). The molecule has 1 heterocycles. The Labute approximate surface area is 143 Å². The Balaban J connectivity index is 1.74. The third-order valence-corrected chi connectivity index (χ3v) is 5.40. The van der Waals surface area contributed by atoms with Gasteiger partial charge in [-0.1, -0.05) is 6.07 Å². The van der Waals surface area contributed by atoms with E-state index in [2.05, 4.69) is 10.3 Å². The van der Waals surface area contributed by atoms with Crippen LogP contribution in [0.3, 0.4) is 0 Å². The predicted octanol–water partition coefficient (Wildman–Crippen LogP) is 1.09. The average Bonchev–Trinajstić information content (AvgIpc) is 2.50. The second kappa shape index (κ2) is 7.94. The van der Waals surface area contributed by atoms with Gasteiger partial charge in [-0.15, -0.1) is 0 Å². The maximum Gasteiger partial charge on any atom is 0.235 e. The lowest BCUT2D eigenvalue weighted by atomic mass is 9.93. The molecule has 1 fully saturated rings. The molecule has 7 nitrogen and oxygen atoms in total. The predicted molar refractivity (Wildman–Crippen MR) is 91.3 cm³/mol. The van der Waals surface area contributed by atoms with Gasteiger partial charge in [0.2, 0.25) is 21.8 Å². The summed E-state index contributed by atoms with van der Waals surface area (Å²) in [7, 11) is -1.94. The van der Waals surface area contributed by atoms with Gasteiger partial charge in [0.25, 0.3) is 0 Å². The van der Waals surface area contributed by atoms with E-state index < -0.39 is 10.0 Å². The molecule has 1 amide bonds. The minimum atomic E-state index is -3.34. The molecule has 1 aromatic heterocycles. The smallest absolute Gasteiger partial charge is 0.235 e. The van der Waals surface area contributed by atoms with E-state index in [1.54, 1.807) is 6.20 Å². The number of rotatable bonds is 6. The highest BCUT2D eigenvalue weighted by Crippen LogP contribution is 2.23. The minimum absolute atomic E-state index is 0.0660. The van der Waals surface area contributed by atoms with E-state index in [0.29, 0.717) is 5.88 Å². The number of nitrogens with one attached hydrogen (secondary N) is 1. The highest BCUT2D eigenvalue weighted by molar-refractivity contribution is 7.88. The Hall–Kier alpha value is -1.67. The molecule has 0 aromatic carbocycles. The van der Waals surface area contributed by atoms with Gasteiger partial charge in [-0.2, -0.15) is 4.31 Å². The Morgan fingerprint density at radius 2 is 2.00 bits per heavy atom. The van der Waals surface area contributed by atoms with Crippen molar-refractivity contribution in [1.82, 2.24) is 14.6 Å². The number of likely N-dealkylation sites (N-methyl/N-ethyl adjacent to an activating group) is 1. The fourth-order valence-corrected chi connectivity index (χ4v) is 2.96. The number of hydrogen-bond acceptors (Lipinski definition) is 5. The maximum atomic E-state index is 11.9. The molecule has 1 aromatic rings. The van der Waals surface area contributed by atoms with Gasteiger partial charge >= 0.3 is 0 Å². The topological polar surface area (TPSA) is 88.6 Å². The van der Waals surface area contributed by atoms with Crippen LogP contribution in [0.25, 0.3) is 0 Å². The van der Waals surface area contributed by atoms with E-state index in [9.17, 15) is 13.2 Å². The SMILES string of the molecule is Cc1ccc(OC2CCC(NC(=O)CN(C)S(C)(=O)=O)CC2)nc1. The number of aryl methyl sites for hydroxylation is 1. The summed E-state index contributed by atoms with van der Waals surface area (Å²) in [5, 5.41) is 2.90. The van der Waals surface area contributed by atoms with Gasteiger partial charge in [-0.25, -0.2) is 13.4 Å². The van der Waals surface area contributed by atoms with Crippen molar-refractivity contribution in [3.63, 3.8) is 0 Å². The zero-order chi connectivity index (χ0) is 17.7. The Bertz CT molecular complexity index is 652. The lowest BCUT2D eigenvalue weighted by Gasteiger charge is -2.29. The summed E-state index contributed by atoms with van der Waals surface area (Å²) in [6.45, 7) is 1.83. The first-order valence-electron chi connectivity index (χ1n) is 8.04. The van der Waals surface area contributed by atoms with Crippen LogP contribution >= 0.6 is 0 Å². The van der Waals surface area contributed by atoms with E-state index in [1.165, 1.54) is 7.05 Å². The number of carbonyl (C=O) groups excluding carboxylic acids is 1. The summed E-state index contributed by atoms with van der Waals surface area (Å²) in [4.78, 5) is 16.2. The van der Waals surface area contributed by atoms with Gasteiger partial charge in [0.15, 0.2) is 0 Å². The molecule has 0 atom stereocenters. The minimum Gasteiger partial charge on any atom is -0.474 e. The highest BCUT2D eigenvalue weighted by atomic mass is 32.2. The van der Waals surface area contributed by atoms with Crippen LogP contribution in [0.1, 0.15) is 31.2 Å². The van der Waals surface area contributed by atoms with Crippen LogP contribution < -0.4 is 10.1 Å². The van der Waals surface area contributed by atoms with Crippen LogP contribution in [0.15, 0.2) is 18.3 Å². The molecule has 134 valence electrons. The first-order chi connectivity index (χ1) is 11.2. The summed E-state index contributed by atoms with van der Waals surface area (Å²) < 4.78 is 29.5. The quantitative estimate of drug-likeness (QED) is 0.825. The number of hydrogen-bond donors (Lipinski definition) is 1. The Kier molecular flexibility index (Phi) is 6.17. The molecule has 8 heteroatoms. The summed E-state index contributed by atoms with van der Waals surface area (Å²) in [6.07, 6.45) is 6.26. The van der Waals surface area contributed by atoms with E-state index in [0.717, 1.165) is 41.8 Å². The molecule has 0 bridgehead atoms. The van der Waals surface area contributed by atoms with Gasteiger partial charge < -0.3 is 10.1 Å². The molecule has 1 aliphatic carbocycles. The molecule has 1 aliphatic rings. The van der Waals surface area contributed by atoms with Crippen molar-refractivity contribution >= 4 is 15.9 Å². The molecule has 0 aliphatic heterocycles. The van der Waals surface area contributed by atoms with Crippen LogP contribution in [-0.2, 0) is 14.8 Å². The monoisotopic (exact) mass is 355 g/mol. The molecule has 0 radical (unpaired) electrons. The van der Waals surface area contributed by atoms with Gasteiger partial charge in [0.05, 0.1) is 12.8 Å². The van der Waals surface area contributed by atoms with Crippen molar-refractivity contribution < 1.29 is 17.9 Å². The fourth-order valence-electron chi connectivity index (χ4n) is 2.61. The first kappa shape index (κ1) is 18.7. The number of sulfonamides is 1. The van der Waals surface area contributed by atoms with Crippen molar-refractivity contribution in [3.05, 3.63) is 23.9 Å². The van der Waals surface area contributed by atoms with E-state index in [4.69, 9.17) is 4.74 Å². The van der Waals surface area contributed by atoms with E-state index in [1.807, 2.05) is 19.1 Å². The summed E-state index contributed by atoms with van der Waals surface area (Å²) in [5.41, 5.74) is 1.09. The van der Waals surface area contributed by atoms with Crippen LogP contribution in [0, 0.1) is 6.92 Å². The van der Waals surface area contributed by atoms with Crippen molar-refractivity contribution in [2.24, 2.45) is 0 Å².